The molecule has 2 aromatic rings. The van der Waals surface area contributed by atoms with Crippen molar-refractivity contribution in [1.29, 1.82) is 0 Å². The summed E-state index contributed by atoms with van der Waals surface area (Å²) in [7, 11) is -3.58. The summed E-state index contributed by atoms with van der Waals surface area (Å²) in [6, 6.07) is 13.3. The molecule has 0 aromatic heterocycles. The number of ether oxygens (including phenoxy) is 1. The van der Waals surface area contributed by atoms with Crippen LogP contribution >= 0.6 is 0 Å². The van der Waals surface area contributed by atoms with Gasteiger partial charge in [-0.3, -0.25) is 0 Å². The van der Waals surface area contributed by atoms with E-state index in [1.165, 1.54) is 12.1 Å². The van der Waals surface area contributed by atoms with Gasteiger partial charge >= 0.3 is 0 Å². The van der Waals surface area contributed by atoms with Crippen LogP contribution in [0.1, 0.15) is 12.5 Å². The van der Waals surface area contributed by atoms with E-state index in [0.717, 1.165) is 11.3 Å². The Morgan fingerprint density at radius 2 is 1.77 bits per heavy atom. The molecular formula is C16H20N2O3S. The third kappa shape index (κ3) is 4.22. The average molecular weight is 320 g/mol. The van der Waals surface area contributed by atoms with Gasteiger partial charge in [-0.1, -0.05) is 18.2 Å². The van der Waals surface area contributed by atoms with Crippen LogP contribution in [0.2, 0.25) is 0 Å². The molecule has 0 radical (unpaired) electrons. The molecule has 118 valence electrons. The number of nitrogens with one attached hydrogen (secondary N) is 1. The minimum Gasteiger partial charge on any atom is -0.492 e. The van der Waals surface area contributed by atoms with Crippen LogP contribution in [0, 0.1) is 6.92 Å². The molecule has 0 spiro atoms. The van der Waals surface area contributed by atoms with E-state index in [9.17, 15) is 8.42 Å². The molecular weight excluding hydrogens is 300 g/mol. The van der Waals surface area contributed by atoms with Gasteiger partial charge in [0.2, 0.25) is 10.0 Å². The maximum Gasteiger partial charge on any atom is 0.240 e. The molecule has 0 saturated heterocycles. The van der Waals surface area contributed by atoms with Gasteiger partial charge in [-0.05, 0) is 49.7 Å². The Morgan fingerprint density at radius 3 is 2.41 bits per heavy atom. The maximum atomic E-state index is 12.2. The highest BCUT2D eigenvalue weighted by Gasteiger charge is 2.17. The highest BCUT2D eigenvalue weighted by molar-refractivity contribution is 7.89. The first-order valence-electron chi connectivity index (χ1n) is 6.95. The summed E-state index contributed by atoms with van der Waals surface area (Å²) < 4.78 is 32.7. The number of hydrogen-bond donors (Lipinski definition) is 2. The molecule has 5 nitrogen and oxygen atoms in total. The second-order valence-electron chi connectivity index (χ2n) is 5.17. The van der Waals surface area contributed by atoms with E-state index in [2.05, 4.69) is 4.72 Å². The largest absolute Gasteiger partial charge is 0.492 e. The molecule has 0 amide bonds. The summed E-state index contributed by atoms with van der Waals surface area (Å²) in [5.74, 6) is 0.751. The molecule has 0 bridgehead atoms. The van der Waals surface area contributed by atoms with Gasteiger partial charge in [0.1, 0.15) is 12.4 Å². The first kappa shape index (κ1) is 16.3. The molecule has 1 atom stereocenters. The number of hydrogen-bond acceptors (Lipinski definition) is 4. The van der Waals surface area contributed by atoms with Crippen molar-refractivity contribution in [2.75, 3.05) is 12.3 Å². The number of nitrogens with two attached hydrogens (primary N) is 1. The third-order valence-electron chi connectivity index (χ3n) is 3.13. The Morgan fingerprint density at radius 1 is 1.14 bits per heavy atom. The number of anilines is 1. The molecule has 2 aromatic carbocycles. The second-order valence-corrected chi connectivity index (χ2v) is 6.88. The Bertz CT molecular complexity index is 727. The van der Waals surface area contributed by atoms with Crippen LogP contribution < -0.4 is 15.2 Å². The molecule has 2 rings (SSSR count). The van der Waals surface area contributed by atoms with Crippen LogP contribution in [-0.2, 0) is 10.0 Å². The zero-order chi connectivity index (χ0) is 16.2. The van der Waals surface area contributed by atoms with Gasteiger partial charge in [0.15, 0.2) is 0 Å². The zero-order valence-electron chi connectivity index (χ0n) is 12.6. The van der Waals surface area contributed by atoms with Gasteiger partial charge < -0.3 is 10.5 Å². The number of nitrogen functional groups attached to an aromatic ring is 1. The van der Waals surface area contributed by atoms with E-state index in [1.807, 2.05) is 31.2 Å². The first-order chi connectivity index (χ1) is 10.4. The summed E-state index contributed by atoms with van der Waals surface area (Å²) in [4.78, 5) is 0.185. The van der Waals surface area contributed by atoms with Crippen LogP contribution in [0.3, 0.4) is 0 Å². The second kappa shape index (κ2) is 6.81. The Labute approximate surface area is 131 Å². The standard InChI is InChI=1S/C16H20N2O3S/c1-12-5-3-4-6-16(12)21-11-13(2)18-22(19,20)15-9-7-14(17)8-10-15/h3-10,13,18H,11,17H2,1-2H3/t13-/m0/s1. The van der Waals surface area contributed by atoms with Crippen molar-refractivity contribution in [3.63, 3.8) is 0 Å². The predicted molar refractivity (Wildman–Crippen MR) is 87.3 cm³/mol. The number of para-hydroxylation sites is 1. The van der Waals surface area contributed by atoms with Gasteiger partial charge in [-0.2, -0.15) is 0 Å². The van der Waals surface area contributed by atoms with Crippen molar-refractivity contribution >= 4 is 15.7 Å². The Kier molecular flexibility index (Phi) is 5.05. The minimum atomic E-state index is -3.58. The summed E-state index contributed by atoms with van der Waals surface area (Å²) in [6.07, 6.45) is 0. The summed E-state index contributed by atoms with van der Waals surface area (Å²) in [6.45, 7) is 3.95. The monoisotopic (exact) mass is 320 g/mol. The van der Waals surface area contributed by atoms with E-state index in [-0.39, 0.29) is 17.5 Å². The first-order valence-corrected chi connectivity index (χ1v) is 8.43. The fraction of sp³-hybridized carbons (Fsp3) is 0.250. The zero-order valence-corrected chi connectivity index (χ0v) is 13.4. The molecule has 0 aliphatic heterocycles. The topological polar surface area (TPSA) is 81.4 Å². The number of aryl methyl sites for hydroxylation is 1. The Balaban J connectivity index is 1.98. The number of benzene rings is 2. The van der Waals surface area contributed by atoms with Crippen molar-refractivity contribution in [2.24, 2.45) is 0 Å². The lowest BCUT2D eigenvalue weighted by molar-refractivity contribution is 0.286. The molecule has 0 aliphatic carbocycles. The smallest absolute Gasteiger partial charge is 0.240 e. The molecule has 0 fully saturated rings. The highest BCUT2D eigenvalue weighted by atomic mass is 32.2. The van der Waals surface area contributed by atoms with E-state index in [1.54, 1.807) is 19.1 Å². The third-order valence-corrected chi connectivity index (χ3v) is 4.73. The van der Waals surface area contributed by atoms with Crippen molar-refractivity contribution in [1.82, 2.24) is 4.72 Å². The van der Waals surface area contributed by atoms with E-state index in [0.29, 0.717) is 5.69 Å². The van der Waals surface area contributed by atoms with Crippen LogP contribution in [0.15, 0.2) is 53.4 Å². The van der Waals surface area contributed by atoms with Crippen LogP contribution in [0.25, 0.3) is 0 Å². The van der Waals surface area contributed by atoms with Crippen molar-refractivity contribution in [3.05, 3.63) is 54.1 Å². The molecule has 0 unspecified atom stereocenters. The van der Waals surface area contributed by atoms with Gasteiger partial charge in [0, 0.05) is 5.69 Å². The van der Waals surface area contributed by atoms with Crippen LogP contribution in [0.4, 0.5) is 5.69 Å². The van der Waals surface area contributed by atoms with Gasteiger partial charge in [0.05, 0.1) is 10.9 Å². The minimum absolute atomic E-state index is 0.185. The lowest BCUT2D eigenvalue weighted by atomic mass is 10.2. The molecule has 0 aliphatic rings. The number of rotatable bonds is 6. The van der Waals surface area contributed by atoms with Gasteiger partial charge in [-0.25, -0.2) is 13.1 Å². The molecule has 3 N–H and O–H groups in total. The van der Waals surface area contributed by atoms with Crippen LogP contribution in [-0.4, -0.2) is 21.1 Å². The fourth-order valence-electron chi connectivity index (χ4n) is 1.95. The van der Waals surface area contributed by atoms with Crippen molar-refractivity contribution in [2.45, 2.75) is 24.8 Å². The fourth-order valence-corrected chi connectivity index (χ4v) is 3.18. The lowest BCUT2D eigenvalue weighted by Crippen LogP contribution is -2.36. The predicted octanol–water partition coefficient (Wildman–Crippen LogP) is 2.32. The van der Waals surface area contributed by atoms with Crippen molar-refractivity contribution < 1.29 is 13.2 Å². The summed E-state index contributed by atoms with van der Waals surface area (Å²) in [5, 5.41) is 0. The van der Waals surface area contributed by atoms with E-state index in [4.69, 9.17) is 10.5 Å². The molecule has 22 heavy (non-hydrogen) atoms. The summed E-state index contributed by atoms with van der Waals surface area (Å²) >= 11 is 0. The number of sulfonamides is 1. The lowest BCUT2D eigenvalue weighted by Gasteiger charge is -2.16. The summed E-state index contributed by atoms with van der Waals surface area (Å²) in [5.41, 5.74) is 7.10. The molecule has 6 heteroatoms. The highest BCUT2D eigenvalue weighted by Crippen LogP contribution is 2.17. The normalized spacial score (nSPS) is 12.8. The van der Waals surface area contributed by atoms with E-state index < -0.39 is 10.0 Å². The van der Waals surface area contributed by atoms with Crippen molar-refractivity contribution in [3.8, 4) is 5.75 Å². The average Bonchev–Trinajstić information content (AvgIpc) is 2.46. The SMILES string of the molecule is Cc1ccccc1OC[C@H](C)NS(=O)(=O)c1ccc(N)cc1. The quantitative estimate of drug-likeness (QED) is 0.800. The Hall–Kier alpha value is -2.05. The van der Waals surface area contributed by atoms with Crippen LogP contribution in [0.5, 0.6) is 5.75 Å². The molecule has 0 saturated carbocycles. The van der Waals surface area contributed by atoms with Gasteiger partial charge in [-0.15, -0.1) is 0 Å². The molecule has 0 heterocycles. The maximum absolute atomic E-state index is 12.2. The van der Waals surface area contributed by atoms with E-state index >= 15 is 0 Å². The van der Waals surface area contributed by atoms with Gasteiger partial charge in [0.25, 0.3) is 0 Å².